The molecule has 23 heavy (non-hydrogen) atoms. The van der Waals surface area contributed by atoms with E-state index in [0.717, 1.165) is 12.2 Å². The van der Waals surface area contributed by atoms with Crippen molar-refractivity contribution in [3.05, 3.63) is 59.8 Å². The van der Waals surface area contributed by atoms with Crippen LogP contribution < -0.4 is 0 Å². The van der Waals surface area contributed by atoms with Gasteiger partial charge in [-0.15, -0.1) is 10.2 Å². The monoisotopic (exact) mass is 309 g/mol. The van der Waals surface area contributed by atoms with E-state index in [-0.39, 0.29) is 5.91 Å². The normalized spacial score (nSPS) is 10.9. The molecule has 0 spiro atoms. The molecular formula is C17H19N5O. The average molecular weight is 309 g/mol. The van der Waals surface area contributed by atoms with Gasteiger partial charge in [-0.05, 0) is 50.1 Å². The molecule has 3 aromatic heterocycles. The molecule has 0 saturated carbocycles. The minimum Gasteiger partial charge on any atom is -0.339 e. The van der Waals surface area contributed by atoms with Crippen LogP contribution in [-0.4, -0.2) is 43.5 Å². The standard InChI is InChI=1S/C17H19N5O/c1-3-21(10-6-14-4-8-18-9-5-14)17(23)15-7-11-22-13(2)19-20-16(22)12-15/h4-5,7-9,11-12H,3,6,10H2,1-2H3. The van der Waals surface area contributed by atoms with E-state index in [9.17, 15) is 4.79 Å². The van der Waals surface area contributed by atoms with Crippen LogP contribution in [0.25, 0.3) is 5.65 Å². The number of amides is 1. The number of likely N-dealkylation sites (N-methyl/N-ethyl adjacent to an activating group) is 1. The zero-order chi connectivity index (χ0) is 16.2. The fourth-order valence-electron chi connectivity index (χ4n) is 2.54. The van der Waals surface area contributed by atoms with E-state index in [1.807, 2.05) is 47.5 Å². The van der Waals surface area contributed by atoms with Gasteiger partial charge < -0.3 is 4.90 Å². The maximum atomic E-state index is 12.7. The third-order valence-corrected chi connectivity index (χ3v) is 3.92. The number of aromatic nitrogens is 4. The summed E-state index contributed by atoms with van der Waals surface area (Å²) in [4.78, 5) is 18.6. The van der Waals surface area contributed by atoms with Gasteiger partial charge in [-0.2, -0.15) is 0 Å². The lowest BCUT2D eigenvalue weighted by molar-refractivity contribution is 0.0766. The summed E-state index contributed by atoms with van der Waals surface area (Å²) in [6, 6.07) is 7.56. The van der Waals surface area contributed by atoms with E-state index in [1.165, 1.54) is 5.56 Å². The molecule has 0 aliphatic carbocycles. The second kappa shape index (κ2) is 6.56. The number of aryl methyl sites for hydroxylation is 1. The summed E-state index contributed by atoms with van der Waals surface area (Å²) in [7, 11) is 0. The predicted molar refractivity (Wildman–Crippen MR) is 87.2 cm³/mol. The van der Waals surface area contributed by atoms with Crippen LogP contribution in [0.2, 0.25) is 0 Å². The van der Waals surface area contributed by atoms with Gasteiger partial charge in [0.1, 0.15) is 5.82 Å². The Morgan fingerprint density at radius 1 is 1.22 bits per heavy atom. The van der Waals surface area contributed by atoms with E-state index >= 15 is 0 Å². The molecule has 6 nitrogen and oxygen atoms in total. The van der Waals surface area contributed by atoms with Crippen molar-refractivity contribution in [2.45, 2.75) is 20.3 Å². The molecule has 3 rings (SSSR count). The molecule has 0 fully saturated rings. The van der Waals surface area contributed by atoms with Crippen LogP contribution in [0, 0.1) is 6.92 Å². The summed E-state index contributed by atoms with van der Waals surface area (Å²) in [6.45, 7) is 5.22. The molecule has 3 heterocycles. The summed E-state index contributed by atoms with van der Waals surface area (Å²) in [5, 5.41) is 8.09. The third kappa shape index (κ3) is 3.21. The number of rotatable bonds is 5. The highest BCUT2D eigenvalue weighted by Gasteiger charge is 2.15. The maximum absolute atomic E-state index is 12.7. The Morgan fingerprint density at radius 2 is 2.00 bits per heavy atom. The van der Waals surface area contributed by atoms with E-state index in [0.29, 0.717) is 24.3 Å². The van der Waals surface area contributed by atoms with Crippen LogP contribution in [0.1, 0.15) is 28.7 Å². The smallest absolute Gasteiger partial charge is 0.254 e. The minimum atomic E-state index is 0.0182. The van der Waals surface area contributed by atoms with Gasteiger partial charge >= 0.3 is 0 Å². The Kier molecular flexibility index (Phi) is 4.32. The number of carbonyl (C=O) groups is 1. The van der Waals surface area contributed by atoms with Crippen LogP contribution in [0.3, 0.4) is 0 Å². The molecule has 0 unspecified atom stereocenters. The minimum absolute atomic E-state index is 0.0182. The zero-order valence-electron chi connectivity index (χ0n) is 13.3. The van der Waals surface area contributed by atoms with Gasteiger partial charge in [-0.3, -0.25) is 14.2 Å². The molecule has 0 radical (unpaired) electrons. The van der Waals surface area contributed by atoms with Crippen molar-refractivity contribution in [3.63, 3.8) is 0 Å². The molecule has 6 heteroatoms. The molecule has 0 N–H and O–H groups in total. The predicted octanol–water partition coefficient (Wildman–Crippen LogP) is 2.14. The average Bonchev–Trinajstić information content (AvgIpc) is 2.97. The summed E-state index contributed by atoms with van der Waals surface area (Å²) in [5.74, 6) is 0.828. The topological polar surface area (TPSA) is 63.4 Å². The van der Waals surface area contributed by atoms with Gasteiger partial charge in [0.05, 0.1) is 0 Å². The molecule has 0 aromatic carbocycles. The van der Waals surface area contributed by atoms with Crippen LogP contribution in [0.15, 0.2) is 42.9 Å². The van der Waals surface area contributed by atoms with Crippen molar-refractivity contribution in [2.24, 2.45) is 0 Å². The first-order chi connectivity index (χ1) is 11.2. The summed E-state index contributed by atoms with van der Waals surface area (Å²) in [5.41, 5.74) is 2.51. The Hall–Kier alpha value is -2.76. The van der Waals surface area contributed by atoms with Crippen LogP contribution in [0.4, 0.5) is 0 Å². The molecule has 0 atom stereocenters. The van der Waals surface area contributed by atoms with Crippen LogP contribution in [0.5, 0.6) is 0 Å². The van der Waals surface area contributed by atoms with E-state index in [4.69, 9.17) is 0 Å². The van der Waals surface area contributed by atoms with Gasteiger partial charge in [0.25, 0.3) is 5.91 Å². The van der Waals surface area contributed by atoms with Gasteiger partial charge in [0, 0.05) is 37.2 Å². The molecule has 1 amide bonds. The fraction of sp³-hybridized carbons (Fsp3) is 0.294. The largest absolute Gasteiger partial charge is 0.339 e. The summed E-state index contributed by atoms with van der Waals surface area (Å²) >= 11 is 0. The highest BCUT2D eigenvalue weighted by Crippen LogP contribution is 2.11. The Balaban J connectivity index is 1.75. The fourth-order valence-corrected chi connectivity index (χ4v) is 2.54. The zero-order valence-corrected chi connectivity index (χ0v) is 13.3. The molecule has 3 aromatic rings. The lowest BCUT2D eigenvalue weighted by Crippen LogP contribution is -2.32. The van der Waals surface area contributed by atoms with Gasteiger partial charge in [0.2, 0.25) is 0 Å². The van der Waals surface area contributed by atoms with Crippen molar-refractivity contribution < 1.29 is 4.79 Å². The summed E-state index contributed by atoms with van der Waals surface area (Å²) in [6.07, 6.45) is 6.20. The second-order valence-electron chi connectivity index (χ2n) is 5.38. The Morgan fingerprint density at radius 3 is 2.74 bits per heavy atom. The van der Waals surface area contributed by atoms with Gasteiger partial charge in [-0.1, -0.05) is 0 Å². The second-order valence-corrected chi connectivity index (χ2v) is 5.38. The van der Waals surface area contributed by atoms with E-state index in [1.54, 1.807) is 18.5 Å². The van der Waals surface area contributed by atoms with Crippen molar-refractivity contribution in [2.75, 3.05) is 13.1 Å². The van der Waals surface area contributed by atoms with Crippen molar-refractivity contribution >= 4 is 11.6 Å². The number of carbonyl (C=O) groups excluding carboxylic acids is 1. The van der Waals surface area contributed by atoms with Crippen LogP contribution >= 0.6 is 0 Å². The lowest BCUT2D eigenvalue weighted by atomic mass is 10.1. The molecule has 0 bridgehead atoms. The molecular weight excluding hydrogens is 290 g/mol. The summed E-state index contributed by atoms with van der Waals surface area (Å²) < 4.78 is 1.87. The highest BCUT2D eigenvalue weighted by atomic mass is 16.2. The van der Waals surface area contributed by atoms with Crippen molar-refractivity contribution in [1.29, 1.82) is 0 Å². The maximum Gasteiger partial charge on any atom is 0.254 e. The first-order valence-corrected chi connectivity index (χ1v) is 7.68. The molecule has 0 aliphatic heterocycles. The molecule has 0 saturated heterocycles. The molecule has 118 valence electrons. The quantitative estimate of drug-likeness (QED) is 0.724. The first kappa shape index (κ1) is 15.1. The van der Waals surface area contributed by atoms with Gasteiger partial charge in [-0.25, -0.2) is 0 Å². The molecule has 0 aliphatic rings. The van der Waals surface area contributed by atoms with Crippen LogP contribution in [-0.2, 0) is 6.42 Å². The van der Waals surface area contributed by atoms with Crippen molar-refractivity contribution in [3.8, 4) is 0 Å². The number of nitrogens with zero attached hydrogens (tertiary/aromatic N) is 5. The third-order valence-electron chi connectivity index (χ3n) is 3.92. The highest BCUT2D eigenvalue weighted by molar-refractivity contribution is 5.95. The Bertz CT molecular complexity index is 812. The number of fused-ring (bicyclic) bond motifs is 1. The number of pyridine rings is 2. The number of hydrogen-bond donors (Lipinski definition) is 0. The number of hydrogen-bond acceptors (Lipinski definition) is 4. The van der Waals surface area contributed by atoms with E-state index in [2.05, 4.69) is 15.2 Å². The first-order valence-electron chi connectivity index (χ1n) is 7.68. The lowest BCUT2D eigenvalue weighted by Gasteiger charge is -2.21. The van der Waals surface area contributed by atoms with Crippen molar-refractivity contribution in [1.82, 2.24) is 24.5 Å². The SMILES string of the molecule is CCN(CCc1ccncc1)C(=O)c1ccn2c(C)nnc2c1. The Labute approximate surface area is 134 Å². The van der Waals surface area contributed by atoms with Gasteiger partial charge in [0.15, 0.2) is 5.65 Å². The van der Waals surface area contributed by atoms with E-state index < -0.39 is 0 Å².